The Balaban J connectivity index is 2.11. The van der Waals surface area contributed by atoms with E-state index in [2.05, 4.69) is 0 Å². The summed E-state index contributed by atoms with van der Waals surface area (Å²) < 4.78 is 15.1. The molecule has 2 heterocycles. The van der Waals surface area contributed by atoms with Crippen LogP contribution in [0.15, 0.2) is 0 Å². The minimum Gasteiger partial charge on any atom is -0.394 e. The van der Waals surface area contributed by atoms with Crippen LogP contribution in [0.2, 0.25) is 0 Å². The Kier molecular flexibility index (Phi) is 6.27. The van der Waals surface area contributed by atoms with Gasteiger partial charge in [0.05, 0.1) is 13.2 Å². The molecule has 0 aromatic rings. The molecule has 136 valence electrons. The van der Waals surface area contributed by atoms with E-state index >= 15 is 0 Å². The van der Waals surface area contributed by atoms with Gasteiger partial charge in [0.2, 0.25) is 0 Å². The molecule has 0 radical (unpaired) electrons. The molecule has 23 heavy (non-hydrogen) atoms. The van der Waals surface area contributed by atoms with Crippen molar-refractivity contribution in [2.75, 3.05) is 13.2 Å². The number of ether oxygens (including phenoxy) is 3. The average molecular weight is 342 g/mol. The highest BCUT2D eigenvalue weighted by molar-refractivity contribution is 4.93. The van der Waals surface area contributed by atoms with Crippen molar-refractivity contribution in [1.82, 2.24) is 0 Å². The van der Waals surface area contributed by atoms with Crippen LogP contribution in [0.25, 0.3) is 0 Å². The molecule has 0 aromatic heterocycles. The highest BCUT2D eigenvalue weighted by Gasteiger charge is 2.50. The normalized spacial score (nSPS) is 51.7. The molecule has 0 amide bonds. The van der Waals surface area contributed by atoms with Gasteiger partial charge in [0.15, 0.2) is 12.6 Å². The maximum Gasteiger partial charge on any atom is 0.187 e. The van der Waals surface area contributed by atoms with E-state index in [1.165, 1.54) is 0 Å². The third-order valence-corrected chi connectivity index (χ3v) is 3.98. The maximum atomic E-state index is 10.00. The summed E-state index contributed by atoms with van der Waals surface area (Å²) in [5.41, 5.74) is 0. The van der Waals surface area contributed by atoms with Crippen molar-refractivity contribution in [3.63, 3.8) is 0 Å². The summed E-state index contributed by atoms with van der Waals surface area (Å²) in [6.45, 7) is -1.34. The van der Waals surface area contributed by atoms with Gasteiger partial charge < -0.3 is 55.1 Å². The van der Waals surface area contributed by atoms with E-state index in [1.54, 1.807) is 0 Å². The van der Waals surface area contributed by atoms with Gasteiger partial charge in [0, 0.05) is 0 Å². The molecule has 11 nitrogen and oxygen atoms in total. The molecule has 2 fully saturated rings. The van der Waals surface area contributed by atoms with Gasteiger partial charge in [-0.25, -0.2) is 0 Å². The Morgan fingerprint density at radius 2 is 1.22 bits per heavy atom. The van der Waals surface area contributed by atoms with Crippen LogP contribution in [0, 0.1) is 0 Å². The van der Waals surface area contributed by atoms with Gasteiger partial charge in [-0.05, 0) is 0 Å². The fourth-order valence-electron chi connectivity index (χ4n) is 2.56. The van der Waals surface area contributed by atoms with E-state index in [1.807, 2.05) is 0 Å². The molecule has 1 unspecified atom stereocenters. The molecule has 2 aliphatic heterocycles. The highest BCUT2D eigenvalue weighted by Crippen LogP contribution is 2.28. The zero-order chi connectivity index (χ0) is 17.3. The summed E-state index contributed by atoms with van der Waals surface area (Å²) in [6.07, 6.45) is -15.7. The first kappa shape index (κ1) is 18.9. The predicted molar refractivity (Wildman–Crippen MR) is 68.6 cm³/mol. The zero-order valence-electron chi connectivity index (χ0n) is 12.0. The van der Waals surface area contributed by atoms with E-state index in [4.69, 9.17) is 24.4 Å². The highest BCUT2D eigenvalue weighted by atomic mass is 16.7. The second-order valence-electron chi connectivity index (χ2n) is 5.53. The van der Waals surface area contributed by atoms with Crippen molar-refractivity contribution in [2.45, 2.75) is 61.4 Å². The molecule has 0 aliphatic carbocycles. The number of aliphatic hydroxyl groups excluding tert-OH is 8. The molecule has 0 spiro atoms. The smallest absolute Gasteiger partial charge is 0.187 e. The van der Waals surface area contributed by atoms with Crippen LogP contribution in [-0.4, -0.2) is 115 Å². The Hall–Kier alpha value is -0.440. The van der Waals surface area contributed by atoms with Gasteiger partial charge in [-0.2, -0.15) is 0 Å². The van der Waals surface area contributed by atoms with Crippen LogP contribution in [-0.2, 0) is 14.2 Å². The summed E-state index contributed by atoms with van der Waals surface area (Å²) in [7, 11) is 0. The van der Waals surface area contributed by atoms with Gasteiger partial charge in [0.1, 0.15) is 48.8 Å². The van der Waals surface area contributed by atoms with Crippen molar-refractivity contribution in [1.29, 1.82) is 0 Å². The topological polar surface area (TPSA) is 190 Å². The van der Waals surface area contributed by atoms with Gasteiger partial charge in [-0.1, -0.05) is 0 Å². The average Bonchev–Trinajstić information content (AvgIpc) is 2.54. The predicted octanol–water partition coefficient (Wildman–Crippen LogP) is -5.40. The first-order valence-electron chi connectivity index (χ1n) is 7.08. The van der Waals surface area contributed by atoms with Crippen LogP contribution in [0.5, 0.6) is 0 Å². The van der Waals surface area contributed by atoms with E-state index in [0.29, 0.717) is 0 Å². The summed E-state index contributed by atoms with van der Waals surface area (Å²) in [5, 5.41) is 76.8. The minimum absolute atomic E-state index is 0.667. The minimum atomic E-state index is -1.76. The Labute approximate surface area is 130 Å². The Morgan fingerprint density at radius 3 is 1.78 bits per heavy atom. The fourth-order valence-corrected chi connectivity index (χ4v) is 2.56. The van der Waals surface area contributed by atoms with E-state index in [0.717, 1.165) is 0 Å². The molecule has 11 heteroatoms. The van der Waals surface area contributed by atoms with E-state index in [9.17, 15) is 30.6 Å². The second-order valence-corrected chi connectivity index (χ2v) is 5.53. The maximum absolute atomic E-state index is 10.00. The Morgan fingerprint density at radius 1 is 0.652 bits per heavy atom. The standard InChI is InChI=1S/C12H22O11/c13-1-3-5(15)7(17)8(18)12(22-3)23-10-6(16)4(2-14)21-11(20)9(10)19/h3-20H,1-2H2/t3-,4-,5-,6-,7+,8-,9-,10+,11?,12-/m1/s1. The van der Waals surface area contributed by atoms with Gasteiger partial charge in [0.25, 0.3) is 0 Å². The number of hydrogen-bond acceptors (Lipinski definition) is 11. The van der Waals surface area contributed by atoms with Crippen molar-refractivity contribution >= 4 is 0 Å². The van der Waals surface area contributed by atoms with Crippen molar-refractivity contribution in [2.24, 2.45) is 0 Å². The fraction of sp³-hybridized carbons (Fsp3) is 1.00. The van der Waals surface area contributed by atoms with Crippen LogP contribution < -0.4 is 0 Å². The van der Waals surface area contributed by atoms with Crippen LogP contribution in [0.4, 0.5) is 0 Å². The molecule has 2 aliphatic rings. The second kappa shape index (κ2) is 7.63. The largest absolute Gasteiger partial charge is 0.394 e. The van der Waals surface area contributed by atoms with Gasteiger partial charge in [-0.15, -0.1) is 0 Å². The molecular formula is C12H22O11. The van der Waals surface area contributed by atoms with Crippen LogP contribution >= 0.6 is 0 Å². The number of aliphatic hydroxyl groups is 8. The molecule has 8 N–H and O–H groups in total. The van der Waals surface area contributed by atoms with E-state index in [-0.39, 0.29) is 0 Å². The van der Waals surface area contributed by atoms with E-state index < -0.39 is 74.6 Å². The number of hydrogen-bond donors (Lipinski definition) is 8. The van der Waals surface area contributed by atoms with Crippen molar-refractivity contribution < 1.29 is 55.1 Å². The molecule has 0 saturated carbocycles. The third-order valence-electron chi connectivity index (χ3n) is 3.98. The molecular weight excluding hydrogens is 320 g/mol. The van der Waals surface area contributed by atoms with Crippen molar-refractivity contribution in [3.8, 4) is 0 Å². The van der Waals surface area contributed by atoms with Gasteiger partial charge >= 0.3 is 0 Å². The van der Waals surface area contributed by atoms with Crippen molar-refractivity contribution in [3.05, 3.63) is 0 Å². The van der Waals surface area contributed by atoms with Crippen LogP contribution in [0.3, 0.4) is 0 Å². The lowest BCUT2D eigenvalue weighted by molar-refractivity contribution is -0.355. The first-order chi connectivity index (χ1) is 10.8. The number of rotatable bonds is 4. The molecule has 2 saturated heterocycles. The molecule has 10 atom stereocenters. The third kappa shape index (κ3) is 3.65. The quantitative estimate of drug-likeness (QED) is 0.243. The first-order valence-corrected chi connectivity index (χ1v) is 7.08. The summed E-state index contributed by atoms with van der Waals surface area (Å²) in [5.74, 6) is 0. The summed E-state index contributed by atoms with van der Waals surface area (Å²) >= 11 is 0. The lowest BCUT2D eigenvalue weighted by Crippen LogP contribution is -2.64. The summed E-state index contributed by atoms with van der Waals surface area (Å²) in [6, 6.07) is 0. The SMILES string of the molecule is OC[C@H]1O[C@H](O[C@H]2[C@H](O)[C@@H](CO)OC(O)[C@@H]2O)[C@H](O)[C@@H](O)[C@@H]1O. The lowest BCUT2D eigenvalue weighted by Gasteiger charge is -2.45. The zero-order valence-corrected chi connectivity index (χ0v) is 12.0. The molecule has 2 rings (SSSR count). The molecule has 0 aromatic carbocycles. The lowest BCUT2D eigenvalue weighted by atomic mass is 9.97. The summed E-state index contributed by atoms with van der Waals surface area (Å²) in [4.78, 5) is 0. The molecule has 0 bridgehead atoms. The Bertz CT molecular complexity index is 380. The van der Waals surface area contributed by atoms with Gasteiger partial charge in [-0.3, -0.25) is 0 Å². The monoisotopic (exact) mass is 342 g/mol. The van der Waals surface area contributed by atoms with Crippen LogP contribution in [0.1, 0.15) is 0 Å².